The highest BCUT2D eigenvalue weighted by atomic mass is 16.6. The topological polar surface area (TPSA) is 50.7 Å². The second-order valence-electron chi connectivity index (χ2n) is 3.06. The first-order valence-electron chi connectivity index (χ1n) is 4.60. The summed E-state index contributed by atoms with van der Waals surface area (Å²) in [4.78, 5) is 0. The molecule has 1 aliphatic heterocycles. The molecule has 0 bridgehead atoms. The largest absolute Gasteiger partial charge is 0.486 e. The number of nitrogens with one attached hydrogen (secondary N) is 1. The highest BCUT2D eigenvalue weighted by Gasteiger charge is 2.10. The predicted molar refractivity (Wildman–Crippen MR) is 51.4 cm³/mol. The molecule has 1 aliphatic rings. The van der Waals surface area contributed by atoms with E-state index in [1.807, 2.05) is 18.2 Å². The van der Waals surface area contributed by atoms with Crippen molar-refractivity contribution in [3.63, 3.8) is 0 Å². The minimum atomic E-state index is -0.0194. The van der Waals surface area contributed by atoms with Crippen molar-refractivity contribution in [2.45, 2.75) is 6.54 Å². The second-order valence-corrected chi connectivity index (χ2v) is 3.06. The summed E-state index contributed by atoms with van der Waals surface area (Å²) < 4.78 is 10.8. The van der Waals surface area contributed by atoms with Crippen molar-refractivity contribution in [2.24, 2.45) is 0 Å². The van der Waals surface area contributed by atoms with Gasteiger partial charge in [0.05, 0.1) is 6.73 Å². The average Bonchev–Trinajstić information content (AvgIpc) is 2.26. The zero-order valence-electron chi connectivity index (χ0n) is 7.82. The lowest BCUT2D eigenvalue weighted by molar-refractivity contribution is 0.171. The molecule has 0 unspecified atom stereocenters. The molecular weight excluding hydrogens is 182 g/mol. The van der Waals surface area contributed by atoms with Crippen LogP contribution in [0.1, 0.15) is 5.56 Å². The van der Waals surface area contributed by atoms with Gasteiger partial charge in [0.2, 0.25) is 0 Å². The molecule has 0 aromatic heterocycles. The Morgan fingerprint density at radius 1 is 1.21 bits per heavy atom. The Hall–Kier alpha value is -1.26. The monoisotopic (exact) mass is 195 g/mol. The van der Waals surface area contributed by atoms with Crippen LogP contribution in [-0.2, 0) is 6.54 Å². The van der Waals surface area contributed by atoms with Crippen LogP contribution >= 0.6 is 0 Å². The Labute approximate surface area is 82.5 Å². The molecule has 0 spiro atoms. The van der Waals surface area contributed by atoms with Crippen molar-refractivity contribution in [1.29, 1.82) is 0 Å². The van der Waals surface area contributed by atoms with Crippen LogP contribution in [-0.4, -0.2) is 25.1 Å². The van der Waals surface area contributed by atoms with Crippen molar-refractivity contribution in [2.75, 3.05) is 19.9 Å². The van der Waals surface area contributed by atoms with Gasteiger partial charge in [0.1, 0.15) is 13.2 Å². The first kappa shape index (κ1) is 9.30. The van der Waals surface area contributed by atoms with Crippen LogP contribution in [0.15, 0.2) is 18.2 Å². The molecule has 0 fully saturated rings. The van der Waals surface area contributed by atoms with Crippen LogP contribution in [0, 0.1) is 0 Å². The molecule has 1 aromatic carbocycles. The summed E-state index contributed by atoms with van der Waals surface area (Å²) in [6.07, 6.45) is 0. The SMILES string of the molecule is OCNCc1ccc2c(c1)OCCO2. The normalized spacial score (nSPS) is 14.1. The Morgan fingerprint density at radius 2 is 2.00 bits per heavy atom. The van der Waals surface area contributed by atoms with Crippen molar-refractivity contribution in [3.05, 3.63) is 23.8 Å². The van der Waals surface area contributed by atoms with E-state index in [0.29, 0.717) is 19.8 Å². The van der Waals surface area contributed by atoms with E-state index in [1.165, 1.54) is 0 Å². The molecule has 76 valence electrons. The lowest BCUT2D eigenvalue weighted by Crippen LogP contribution is -2.17. The van der Waals surface area contributed by atoms with Crippen molar-refractivity contribution >= 4 is 0 Å². The van der Waals surface area contributed by atoms with Gasteiger partial charge in [-0.2, -0.15) is 0 Å². The van der Waals surface area contributed by atoms with Gasteiger partial charge >= 0.3 is 0 Å². The van der Waals surface area contributed by atoms with Gasteiger partial charge < -0.3 is 14.6 Å². The van der Waals surface area contributed by atoms with Crippen LogP contribution < -0.4 is 14.8 Å². The molecule has 4 heteroatoms. The lowest BCUT2D eigenvalue weighted by Gasteiger charge is -2.18. The van der Waals surface area contributed by atoms with Gasteiger partial charge in [-0.3, -0.25) is 5.32 Å². The Kier molecular flexibility index (Phi) is 2.86. The highest BCUT2D eigenvalue weighted by molar-refractivity contribution is 5.43. The fraction of sp³-hybridized carbons (Fsp3) is 0.400. The molecule has 2 N–H and O–H groups in total. The van der Waals surface area contributed by atoms with Crippen LogP contribution in [0.25, 0.3) is 0 Å². The summed E-state index contributed by atoms with van der Waals surface area (Å²) >= 11 is 0. The Balaban J connectivity index is 2.12. The number of rotatable bonds is 3. The van der Waals surface area contributed by atoms with E-state index in [-0.39, 0.29) is 6.73 Å². The summed E-state index contributed by atoms with van der Waals surface area (Å²) in [5, 5.41) is 11.4. The van der Waals surface area contributed by atoms with E-state index < -0.39 is 0 Å². The molecule has 0 saturated heterocycles. The smallest absolute Gasteiger partial charge is 0.161 e. The van der Waals surface area contributed by atoms with Gasteiger partial charge in [0, 0.05) is 6.54 Å². The van der Waals surface area contributed by atoms with E-state index in [0.717, 1.165) is 17.1 Å². The molecule has 0 radical (unpaired) electrons. The average molecular weight is 195 g/mol. The fourth-order valence-electron chi connectivity index (χ4n) is 1.40. The molecule has 0 atom stereocenters. The summed E-state index contributed by atoms with van der Waals surface area (Å²) in [7, 11) is 0. The number of benzene rings is 1. The van der Waals surface area contributed by atoms with Gasteiger partial charge in [0.15, 0.2) is 11.5 Å². The minimum absolute atomic E-state index is 0.0194. The third-order valence-electron chi connectivity index (χ3n) is 2.05. The summed E-state index contributed by atoms with van der Waals surface area (Å²) in [6, 6.07) is 5.77. The van der Waals surface area contributed by atoms with Crippen LogP contribution in [0.5, 0.6) is 11.5 Å². The maximum Gasteiger partial charge on any atom is 0.161 e. The molecule has 14 heavy (non-hydrogen) atoms. The number of hydrogen-bond donors (Lipinski definition) is 2. The third-order valence-corrected chi connectivity index (χ3v) is 2.05. The Morgan fingerprint density at radius 3 is 2.79 bits per heavy atom. The molecule has 0 saturated carbocycles. The number of ether oxygens (including phenoxy) is 2. The third kappa shape index (κ3) is 1.97. The van der Waals surface area contributed by atoms with Crippen LogP contribution in [0.4, 0.5) is 0 Å². The number of aliphatic hydroxyl groups is 1. The summed E-state index contributed by atoms with van der Waals surface area (Å²) in [5.74, 6) is 1.58. The van der Waals surface area contributed by atoms with Crippen molar-refractivity contribution in [1.82, 2.24) is 5.32 Å². The zero-order valence-corrected chi connectivity index (χ0v) is 7.82. The standard InChI is InChI=1S/C10H13NO3/c12-7-11-6-8-1-2-9-10(5-8)14-4-3-13-9/h1-2,5,11-12H,3-4,6-7H2. The zero-order chi connectivity index (χ0) is 9.80. The Bertz CT molecular complexity index is 314. The van der Waals surface area contributed by atoms with Gasteiger partial charge in [-0.25, -0.2) is 0 Å². The number of hydrogen-bond acceptors (Lipinski definition) is 4. The van der Waals surface area contributed by atoms with E-state index in [2.05, 4.69) is 5.32 Å². The number of fused-ring (bicyclic) bond motifs is 1. The molecule has 1 aromatic rings. The molecule has 0 aliphatic carbocycles. The molecule has 0 amide bonds. The summed E-state index contributed by atoms with van der Waals surface area (Å²) in [6.45, 7) is 1.83. The van der Waals surface area contributed by atoms with E-state index in [4.69, 9.17) is 14.6 Å². The fourth-order valence-corrected chi connectivity index (χ4v) is 1.40. The van der Waals surface area contributed by atoms with Gasteiger partial charge in [-0.05, 0) is 17.7 Å². The highest BCUT2D eigenvalue weighted by Crippen LogP contribution is 2.30. The van der Waals surface area contributed by atoms with Crippen LogP contribution in [0.3, 0.4) is 0 Å². The van der Waals surface area contributed by atoms with Gasteiger partial charge in [-0.15, -0.1) is 0 Å². The van der Waals surface area contributed by atoms with E-state index in [1.54, 1.807) is 0 Å². The maximum atomic E-state index is 8.60. The van der Waals surface area contributed by atoms with Crippen molar-refractivity contribution in [3.8, 4) is 11.5 Å². The van der Waals surface area contributed by atoms with Crippen LogP contribution in [0.2, 0.25) is 0 Å². The maximum absolute atomic E-state index is 8.60. The van der Waals surface area contributed by atoms with Crippen molar-refractivity contribution < 1.29 is 14.6 Å². The minimum Gasteiger partial charge on any atom is -0.486 e. The summed E-state index contributed by atoms with van der Waals surface area (Å²) in [5.41, 5.74) is 1.07. The molecule has 1 heterocycles. The molecule has 4 nitrogen and oxygen atoms in total. The number of aliphatic hydroxyl groups excluding tert-OH is 1. The van der Waals surface area contributed by atoms with Gasteiger partial charge in [-0.1, -0.05) is 6.07 Å². The molecular formula is C10H13NO3. The van der Waals surface area contributed by atoms with Gasteiger partial charge in [0.25, 0.3) is 0 Å². The van der Waals surface area contributed by atoms with E-state index in [9.17, 15) is 0 Å². The first-order valence-corrected chi connectivity index (χ1v) is 4.60. The predicted octanol–water partition coefficient (Wildman–Crippen LogP) is 0.497. The second kappa shape index (κ2) is 4.30. The molecule has 2 rings (SSSR count). The lowest BCUT2D eigenvalue weighted by atomic mass is 10.2. The first-order chi connectivity index (χ1) is 6.90. The quantitative estimate of drug-likeness (QED) is 0.689. The van der Waals surface area contributed by atoms with E-state index >= 15 is 0 Å².